The van der Waals surface area contributed by atoms with Gasteiger partial charge in [-0.3, -0.25) is 14.4 Å². The Morgan fingerprint density at radius 3 is 1.64 bits per heavy atom. The number of aromatic nitrogens is 2. The van der Waals surface area contributed by atoms with Gasteiger partial charge in [0.1, 0.15) is 11.5 Å². The summed E-state index contributed by atoms with van der Waals surface area (Å²) in [6.07, 6.45) is 18.9. The van der Waals surface area contributed by atoms with Crippen LogP contribution in [0.15, 0.2) is 39.2 Å². The first kappa shape index (κ1) is 44.2. The van der Waals surface area contributed by atoms with Crippen LogP contribution in [0.3, 0.4) is 0 Å². The average Bonchev–Trinajstić information content (AvgIpc) is 3.80. The summed E-state index contributed by atoms with van der Waals surface area (Å²) in [5, 5.41) is 9.16. The second kappa shape index (κ2) is 23.5. The van der Waals surface area contributed by atoms with Gasteiger partial charge in [-0.1, -0.05) is 120 Å². The van der Waals surface area contributed by atoms with Gasteiger partial charge in [0.15, 0.2) is 23.2 Å². The van der Waals surface area contributed by atoms with Crippen LogP contribution in [-0.2, 0) is 30.5 Å². The number of rotatable bonds is 19. The Morgan fingerprint density at radius 1 is 0.732 bits per heavy atom. The molecule has 0 aliphatic heterocycles. The summed E-state index contributed by atoms with van der Waals surface area (Å²) in [4.78, 5) is 61.3. The molecule has 2 heterocycles. The number of hydroxylamine groups is 1. The number of esters is 2. The summed E-state index contributed by atoms with van der Waals surface area (Å²) in [6, 6.07) is 9.65. The van der Waals surface area contributed by atoms with Crippen LogP contribution in [0.25, 0.3) is 0 Å². The number of aliphatic carboxylic acids is 1. The number of hydrogen-bond donors (Lipinski definition) is 2. The predicted octanol–water partition coefficient (Wildman–Crippen LogP) is 9.32. The molecular weight excluding hydrogens is 718 g/mol. The van der Waals surface area contributed by atoms with E-state index in [1.165, 1.54) is 78.4 Å². The SMILES string of the molecule is COC(=O)c1nc([C@H](CCCC2CCCCC2)CC(=O)NOCc2ccccc2)oc1C.COC(=O)c1nc([C@H](CCCC2CCCCC2)CC(=O)O)oc1C. The van der Waals surface area contributed by atoms with Crippen molar-refractivity contribution in [3.05, 3.63) is 70.6 Å². The molecule has 56 heavy (non-hydrogen) atoms. The number of hydrogen-bond acceptors (Lipinski definition) is 11. The highest BCUT2D eigenvalue weighted by atomic mass is 16.6. The number of amides is 1. The molecule has 3 aromatic rings. The van der Waals surface area contributed by atoms with Gasteiger partial charge in [-0.25, -0.2) is 25.0 Å². The van der Waals surface area contributed by atoms with Gasteiger partial charge in [0, 0.05) is 18.3 Å². The number of nitrogens with zero attached hydrogens (tertiary/aromatic N) is 2. The second-order valence-corrected chi connectivity index (χ2v) is 15.3. The molecule has 13 heteroatoms. The van der Waals surface area contributed by atoms with Gasteiger partial charge in [-0.15, -0.1) is 0 Å². The van der Waals surface area contributed by atoms with Crippen molar-refractivity contribution in [2.24, 2.45) is 11.8 Å². The first-order valence-corrected chi connectivity index (χ1v) is 20.3. The molecule has 2 aliphatic carbocycles. The van der Waals surface area contributed by atoms with Crippen LogP contribution in [0.1, 0.15) is 177 Å². The minimum absolute atomic E-state index is 0.0365. The van der Waals surface area contributed by atoms with Gasteiger partial charge < -0.3 is 23.4 Å². The largest absolute Gasteiger partial charge is 0.481 e. The minimum atomic E-state index is -0.881. The lowest BCUT2D eigenvalue weighted by molar-refractivity contribution is -0.137. The molecule has 0 radical (unpaired) electrons. The van der Waals surface area contributed by atoms with Crippen LogP contribution in [0, 0.1) is 25.7 Å². The summed E-state index contributed by atoms with van der Waals surface area (Å²) >= 11 is 0. The lowest BCUT2D eigenvalue weighted by atomic mass is 9.84. The number of carboxylic acids is 1. The topological polar surface area (TPSA) is 180 Å². The average molecular weight is 780 g/mol. The van der Waals surface area contributed by atoms with E-state index in [1.807, 2.05) is 30.3 Å². The van der Waals surface area contributed by atoms with E-state index in [-0.39, 0.29) is 42.0 Å². The van der Waals surface area contributed by atoms with Crippen molar-refractivity contribution >= 4 is 23.8 Å². The van der Waals surface area contributed by atoms with Crippen LogP contribution >= 0.6 is 0 Å². The molecule has 308 valence electrons. The summed E-state index contributed by atoms with van der Waals surface area (Å²) in [5.41, 5.74) is 3.80. The number of carbonyl (C=O) groups excluding carboxylic acids is 3. The van der Waals surface area contributed by atoms with E-state index < -0.39 is 17.9 Å². The molecule has 0 bridgehead atoms. The molecule has 0 unspecified atom stereocenters. The van der Waals surface area contributed by atoms with Gasteiger partial charge in [0.2, 0.25) is 5.91 Å². The molecule has 1 amide bonds. The van der Waals surface area contributed by atoms with Gasteiger partial charge in [0.05, 0.1) is 27.2 Å². The Bertz CT molecular complexity index is 1660. The molecule has 2 saturated carbocycles. The van der Waals surface area contributed by atoms with E-state index in [0.29, 0.717) is 36.3 Å². The van der Waals surface area contributed by atoms with Gasteiger partial charge in [-0.2, -0.15) is 0 Å². The number of nitrogens with one attached hydrogen (secondary N) is 1. The number of benzene rings is 1. The zero-order valence-electron chi connectivity index (χ0n) is 33.6. The highest BCUT2D eigenvalue weighted by Crippen LogP contribution is 2.33. The summed E-state index contributed by atoms with van der Waals surface area (Å²) in [7, 11) is 2.60. The number of oxazole rings is 2. The molecule has 1 aromatic carbocycles. The predicted molar refractivity (Wildman–Crippen MR) is 208 cm³/mol. The number of aryl methyl sites for hydroxylation is 2. The quantitative estimate of drug-likeness (QED) is 0.0871. The van der Waals surface area contributed by atoms with E-state index in [4.69, 9.17) is 23.5 Å². The van der Waals surface area contributed by atoms with Crippen molar-refractivity contribution in [3.63, 3.8) is 0 Å². The molecule has 2 fully saturated rings. The summed E-state index contributed by atoms with van der Waals surface area (Å²) in [5.74, 6) is 0.318. The molecule has 2 aromatic heterocycles. The van der Waals surface area contributed by atoms with Crippen LogP contribution in [0.4, 0.5) is 0 Å². The van der Waals surface area contributed by atoms with Gasteiger partial charge >= 0.3 is 17.9 Å². The Labute approximate surface area is 330 Å². The molecule has 2 atom stereocenters. The number of ether oxygens (including phenoxy) is 2. The molecule has 0 saturated heterocycles. The molecule has 5 rings (SSSR count). The van der Waals surface area contributed by atoms with Crippen LogP contribution in [0.2, 0.25) is 0 Å². The third-order valence-corrected chi connectivity index (χ3v) is 11.0. The van der Waals surface area contributed by atoms with Crippen molar-refractivity contribution in [1.29, 1.82) is 0 Å². The van der Waals surface area contributed by atoms with E-state index in [9.17, 15) is 19.2 Å². The van der Waals surface area contributed by atoms with Crippen LogP contribution in [-0.4, -0.2) is 53.1 Å². The Balaban J connectivity index is 0.000000259. The minimum Gasteiger partial charge on any atom is -0.481 e. The number of carbonyl (C=O) groups is 4. The third-order valence-electron chi connectivity index (χ3n) is 11.0. The Morgan fingerprint density at radius 2 is 1.20 bits per heavy atom. The maximum absolute atomic E-state index is 12.6. The molecule has 2 N–H and O–H groups in total. The molecular formula is C43H61N3O10. The van der Waals surface area contributed by atoms with E-state index in [1.54, 1.807) is 13.8 Å². The van der Waals surface area contributed by atoms with Gasteiger partial charge in [-0.05, 0) is 44.1 Å². The molecule has 0 spiro atoms. The molecule has 2 aliphatic rings. The first-order chi connectivity index (χ1) is 27.1. The zero-order chi connectivity index (χ0) is 40.3. The van der Waals surface area contributed by atoms with Crippen molar-refractivity contribution in [1.82, 2.24) is 15.4 Å². The zero-order valence-corrected chi connectivity index (χ0v) is 33.6. The lowest BCUT2D eigenvalue weighted by Gasteiger charge is -2.22. The lowest BCUT2D eigenvalue weighted by Crippen LogP contribution is -2.25. The molecule has 13 nitrogen and oxygen atoms in total. The fourth-order valence-electron chi connectivity index (χ4n) is 7.89. The summed E-state index contributed by atoms with van der Waals surface area (Å²) in [6.45, 7) is 3.62. The first-order valence-electron chi connectivity index (χ1n) is 20.3. The van der Waals surface area contributed by atoms with Crippen molar-refractivity contribution in [3.8, 4) is 0 Å². The number of methoxy groups -OCH3 is 2. The van der Waals surface area contributed by atoms with E-state index in [2.05, 4.69) is 20.2 Å². The highest BCUT2D eigenvalue weighted by Gasteiger charge is 2.28. The smallest absolute Gasteiger partial charge is 0.360 e. The Kier molecular flexibility index (Phi) is 18.6. The van der Waals surface area contributed by atoms with Crippen molar-refractivity contribution < 1.29 is 47.4 Å². The van der Waals surface area contributed by atoms with Crippen molar-refractivity contribution in [2.75, 3.05) is 14.2 Å². The normalized spacial score (nSPS) is 15.9. The number of carboxylic acid groups (broad SMARTS) is 1. The maximum atomic E-state index is 12.6. The van der Waals surface area contributed by atoms with E-state index in [0.717, 1.165) is 49.5 Å². The third kappa shape index (κ3) is 14.5. The van der Waals surface area contributed by atoms with E-state index >= 15 is 0 Å². The standard InChI is InChI=1S/C25H34N2O5.C18H27NO5/c1-18-23(25(29)30-2)26-24(32-18)21(15-9-14-19-10-5-3-6-11-19)16-22(28)27-31-17-20-12-7-4-8-13-20;1-12-16(18(22)23-2)19-17(24-12)14(11-15(20)21)10-6-9-13-7-4-3-5-8-13/h4,7-8,12-13,19,21H,3,5-6,9-11,14-17H2,1-2H3,(H,27,28);13-14H,3-11H2,1-2H3,(H,20,21)/t21-;14-/m11/s1. The van der Waals surface area contributed by atoms with Gasteiger partial charge in [0.25, 0.3) is 0 Å². The second-order valence-electron chi connectivity index (χ2n) is 15.3. The highest BCUT2D eigenvalue weighted by molar-refractivity contribution is 5.88. The van der Waals surface area contributed by atoms with Crippen LogP contribution in [0.5, 0.6) is 0 Å². The van der Waals surface area contributed by atoms with Crippen molar-refractivity contribution in [2.45, 2.75) is 148 Å². The fourth-order valence-corrected chi connectivity index (χ4v) is 7.89. The fraction of sp³-hybridized carbons (Fsp3) is 0.628. The Hall–Kier alpha value is -4.52. The summed E-state index contributed by atoms with van der Waals surface area (Å²) < 4.78 is 20.8. The monoisotopic (exact) mass is 779 g/mol. The maximum Gasteiger partial charge on any atom is 0.360 e. The van der Waals surface area contributed by atoms with Crippen LogP contribution < -0.4 is 5.48 Å².